The zero-order valence-corrected chi connectivity index (χ0v) is 11.7. The Morgan fingerprint density at radius 3 is 2.58 bits per heavy atom. The number of hydrogen-bond donors (Lipinski definition) is 1. The highest BCUT2D eigenvalue weighted by molar-refractivity contribution is 5.56. The predicted octanol–water partition coefficient (Wildman–Crippen LogP) is 3.65. The van der Waals surface area contributed by atoms with E-state index in [1.807, 2.05) is 18.3 Å². The first-order valence-corrected chi connectivity index (χ1v) is 7.06. The summed E-state index contributed by atoms with van der Waals surface area (Å²) in [6.07, 6.45) is 10.2. The van der Waals surface area contributed by atoms with Gasteiger partial charge < -0.3 is 5.32 Å². The van der Waals surface area contributed by atoms with Crippen molar-refractivity contribution in [3.05, 3.63) is 36.8 Å². The summed E-state index contributed by atoms with van der Waals surface area (Å²) in [7, 11) is 0. The van der Waals surface area contributed by atoms with E-state index in [9.17, 15) is 0 Å². The Morgan fingerprint density at radius 2 is 1.95 bits per heavy atom. The van der Waals surface area contributed by atoms with Crippen molar-refractivity contribution >= 4 is 5.69 Å². The number of pyridine rings is 1. The number of nitrogens with one attached hydrogen (secondary N) is 1. The van der Waals surface area contributed by atoms with Crippen molar-refractivity contribution < 1.29 is 0 Å². The van der Waals surface area contributed by atoms with Gasteiger partial charge in [-0.15, -0.1) is 0 Å². The van der Waals surface area contributed by atoms with E-state index in [0.717, 1.165) is 11.5 Å². The van der Waals surface area contributed by atoms with Crippen LogP contribution in [-0.4, -0.2) is 20.8 Å². The van der Waals surface area contributed by atoms with Gasteiger partial charge in [0.1, 0.15) is 0 Å². The van der Waals surface area contributed by atoms with Crippen LogP contribution in [0.2, 0.25) is 0 Å². The van der Waals surface area contributed by atoms with E-state index >= 15 is 0 Å². The van der Waals surface area contributed by atoms with E-state index in [1.165, 1.54) is 25.7 Å². The lowest BCUT2D eigenvalue weighted by atomic mass is 10.1. The number of rotatable bonds is 7. The van der Waals surface area contributed by atoms with Gasteiger partial charge in [0.05, 0.1) is 5.69 Å². The highest BCUT2D eigenvalue weighted by Gasteiger charge is 2.11. The second-order valence-corrected chi connectivity index (χ2v) is 4.74. The first-order chi connectivity index (χ1) is 9.35. The Kier molecular flexibility index (Phi) is 4.95. The number of nitrogens with zero attached hydrogens (tertiary/aromatic N) is 3. The maximum Gasteiger partial charge on any atom is 0.176 e. The van der Waals surface area contributed by atoms with Crippen molar-refractivity contribution in [3.8, 4) is 5.82 Å². The van der Waals surface area contributed by atoms with E-state index in [0.29, 0.717) is 6.04 Å². The van der Waals surface area contributed by atoms with Gasteiger partial charge in [0.25, 0.3) is 0 Å². The monoisotopic (exact) mass is 258 g/mol. The Morgan fingerprint density at radius 1 is 1.16 bits per heavy atom. The van der Waals surface area contributed by atoms with E-state index in [2.05, 4.69) is 35.3 Å². The van der Waals surface area contributed by atoms with Crippen LogP contribution < -0.4 is 5.32 Å². The molecule has 0 unspecified atom stereocenters. The standard InChI is InChI=1S/C15H22N4/c1-3-7-13(8-4-2)18-14-9-5-10-16-15(14)19-12-6-11-17-19/h5-6,9-13,18H,3-4,7-8H2,1-2H3. The molecular weight excluding hydrogens is 236 g/mol. The molecule has 0 bridgehead atoms. The summed E-state index contributed by atoms with van der Waals surface area (Å²) in [5.41, 5.74) is 1.05. The fraction of sp³-hybridized carbons (Fsp3) is 0.467. The third-order valence-electron chi connectivity index (χ3n) is 3.14. The molecule has 0 saturated carbocycles. The highest BCUT2D eigenvalue weighted by Crippen LogP contribution is 2.20. The minimum absolute atomic E-state index is 0.508. The third-order valence-corrected chi connectivity index (χ3v) is 3.14. The SMILES string of the molecule is CCCC(CCC)Nc1cccnc1-n1cccn1. The van der Waals surface area contributed by atoms with E-state index in [-0.39, 0.29) is 0 Å². The number of hydrogen-bond acceptors (Lipinski definition) is 3. The van der Waals surface area contributed by atoms with Gasteiger partial charge in [0, 0.05) is 24.6 Å². The van der Waals surface area contributed by atoms with Crippen LogP contribution >= 0.6 is 0 Å². The van der Waals surface area contributed by atoms with Gasteiger partial charge in [-0.05, 0) is 31.0 Å². The van der Waals surface area contributed by atoms with Gasteiger partial charge >= 0.3 is 0 Å². The average Bonchev–Trinajstić information content (AvgIpc) is 2.94. The lowest BCUT2D eigenvalue weighted by Gasteiger charge is -2.20. The second kappa shape index (κ2) is 6.92. The van der Waals surface area contributed by atoms with Crippen LogP contribution in [0.25, 0.3) is 5.82 Å². The number of anilines is 1. The van der Waals surface area contributed by atoms with Crippen LogP contribution in [-0.2, 0) is 0 Å². The largest absolute Gasteiger partial charge is 0.379 e. The molecule has 0 saturated heterocycles. The van der Waals surface area contributed by atoms with Crippen molar-refractivity contribution in [2.45, 2.75) is 45.6 Å². The molecule has 4 nitrogen and oxygen atoms in total. The second-order valence-electron chi connectivity index (χ2n) is 4.74. The van der Waals surface area contributed by atoms with Gasteiger partial charge in [-0.25, -0.2) is 9.67 Å². The zero-order chi connectivity index (χ0) is 13.5. The summed E-state index contributed by atoms with van der Waals surface area (Å²) in [5, 5.41) is 7.87. The first-order valence-electron chi connectivity index (χ1n) is 7.06. The van der Waals surface area contributed by atoms with E-state index < -0.39 is 0 Å². The zero-order valence-electron chi connectivity index (χ0n) is 11.7. The van der Waals surface area contributed by atoms with Crippen LogP contribution in [0.15, 0.2) is 36.8 Å². The summed E-state index contributed by atoms with van der Waals surface area (Å²) < 4.78 is 1.80. The summed E-state index contributed by atoms with van der Waals surface area (Å²) in [6, 6.07) is 6.45. The third kappa shape index (κ3) is 3.56. The summed E-state index contributed by atoms with van der Waals surface area (Å²) in [5.74, 6) is 0.865. The predicted molar refractivity (Wildman–Crippen MR) is 78.6 cm³/mol. The van der Waals surface area contributed by atoms with E-state index in [1.54, 1.807) is 17.1 Å². The molecule has 2 heterocycles. The molecule has 0 aliphatic rings. The molecule has 0 aromatic carbocycles. The Balaban J connectivity index is 2.19. The fourth-order valence-corrected chi connectivity index (χ4v) is 2.29. The molecule has 0 atom stereocenters. The van der Waals surface area contributed by atoms with Crippen molar-refractivity contribution in [2.24, 2.45) is 0 Å². The molecule has 4 heteroatoms. The molecule has 0 aliphatic carbocycles. The minimum atomic E-state index is 0.508. The molecule has 2 aromatic heterocycles. The highest BCUT2D eigenvalue weighted by atomic mass is 15.3. The molecule has 102 valence electrons. The fourth-order valence-electron chi connectivity index (χ4n) is 2.29. The van der Waals surface area contributed by atoms with Crippen LogP contribution in [0.3, 0.4) is 0 Å². The Bertz CT molecular complexity index is 473. The van der Waals surface area contributed by atoms with Crippen molar-refractivity contribution in [1.29, 1.82) is 0 Å². The van der Waals surface area contributed by atoms with Gasteiger partial charge in [0.15, 0.2) is 5.82 Å². The molecule has 2 rings (SSSR count). The minimum Gasteiger partial charge on any atom is -0.379 e. The summed E-state index contributed by atoms with van der Waals surface area (Å²) in [6.45, 7) is 4.45. The molecule has 0 aliphatic heterocycles. The molecule has 0 amide bonds. The quantitative estimate of drug-likeness (QED) is 0.824. The topological polar surface area (TPSA) is 42.7 Å². The Labute approximate surface area is 114 Å². The molecule has 2 aromatic rings. The Hall–Kier alpha value is -1.84. The molecular formula is C15H22N4. The normalized spacial score (nSPS) is 10.9. The van der Waals surface area contributed by atoms with Crippen LogP contribution in [0.1, 0.15) is 39.5 Å². The van der Waals surface area contributed by atoms with Crippen LogP contribution in [0, 0.1) is 0 Å². The maximum atomic E-state index is 4.43. The van der Waals surface area contributed by atoms with Crippen molar-refractivity contribution in [1.82, 2.24) is 14.8 Å². The summed E-state index contributed by atoms with van der Waals surface area (Å²) in [4.78, 5) is 4.43. The molecule has 19 heavy (non-hydrogen) atoms. The van der Waals surface area contributed by atoms with Gasteiger partial charge in [-0.3, -0.25) is 0 Å². The van der Waals surface area contributed by atoms with Crippen LogP contribution in [0.4, 0.5) is 5.69 Å². The smallest absolute Gasteiger partial charge is 0.176 e. The lowest BCUT2D eigenvalue weighted by Crippen LogP contribution is -2.20. The van der Waals surface area contributed by atoms with Crippen LogP contribution in [0.5, 0.6) is 0 Å². The molecule has 0 spiro atoms. The lowest BCUT2D eigenvalue weighted by molar-refractivity contribution is 0.585. The van der Waals surface area contributed by atoms with E-state index in [4.69, 9.17) is 0 Å². The maximum absolute atomic E-state index is 4.43. The molecule has 0 radical (unpaired) electrons. The van der Waals surface area contributed by atoms with Gasteiger partial charge in [-0.2, -0.15) is 5.10 Å². The van der Waals surface area contributed by atoms with Gasteiger partial charge in [-0.1, -0.05) is 26.7 Å². The summed E-state index contributed by atoms with van der Waals surface area (Å²) >= 11 is 0. The molecule has 0 fully saturated rings. The average molecular weight is 258 g/mol. The van der Waals surface area contributed by atoms with Crippen molar-refractivity contribution in [3.63, 3.8) is 0 Å². The first kappa shape index (κ1) is 13.6. The van der Waals surface area contributed by atoms with Gasteiger partial charge in [0.2, 0.25) is 0 Å². The molecule has 1 N–H and O–H groups in total. The number of aromatic nitrogens is 3. The van der Waals surface area contributed by atoms with Crippen molar-refractivity contribution in [2.75, 3.05) is 5.32 Å².